The lowest BCUT2D eigenvalue weighted by Gasteiger charge is -2.37. The number of rotatable bonds is 3. The first kappa shape index (κ1) is 21.8. The number of benzene rings is 1. The van der Waals surface area contributed by atoms with Crippen LogP contribution in [0.1, 0.15) is 62.2 Å². The molecule has 0 radical (unpaired) electrons. The van der Waals surface area contributed by atoms with Crippen molar-refractivity contribution in [1.29, 1.82) is 0 Å². The van der Waals surface area contributed by atoms with E-state index in [1.807, 2.05) is 0 Å². The maximum Gasteiger partial charge on any atom is 0.271 e. The molecular weight excluding hydrogens is 460 g/mol. The molecule has 3 heterocycles. The first-order chi connectivity index (χ1) is 14.3. The number of nitrogens with zero attached hydrogens (tertiary/aromatic N) is 2. The van der Waals surface area contributed by atoms with Crippen LogP contribution in [0.4, 0.5) is 0 Å². The Labute approximate surface area is 192 Å². The van der Waals surface area contributed by atoms with Gasteiger partial charge in [0.25, 0.3) is 5.91 Å². The fourth-order valence-corrected chi connectivity index (χ4v) is 6.34. The number of methoxy groups -OCH3 is 1. The first-order valence-corrected chi connectivity index (χ1v) is 12.6. The van der Waals surface area contributed by atoms with E-state index in [4.69, 9.17) is 4.74 Å². The highest BCUT2D eigenvalue weighted by Crippen LogP contribution is 2.45. The standard InChI is InChI=1S/C24H31BrN2O2S/c1-6-30-19-14-17-15(13-18(19)29-5)10-12-26-21(17)20(25)16-9-7-8-11-27(24(2,3)4)23(28)22(16)26/h13-14H,6-12H2,1-5H3. The normalized spacial score (nSPS) is 16.5. The van der Waals surface area contributed by atoms with Crippen LogP contribution in [0.25, 0.3) is 11.3 Å². The molecular formula is C24H31BrN2O2S. The van der Waals surface area contributed by atoms with Crippen molar-refractivity contribution in [3.05, 3.63) is 33.4 Å². The molecule has 30 heavy (non-hydrogen) atoms. The number of ether oxygens (including phenoxy) is 1. The number of amides is 1. The second kappa shape index (κ2) is 8.27. The topological polar surface area (TPSA) is 34.5 Å². The van der Waals surface area contributed by atoms with E-state index in [-0.39, 0.29) is 11.4 Å². The summed E-state index contributed by atoms with van der Waals surface area (Å²) >= 11 is 5.72. The van der Waals surface area contributed by atoms with Crippen molar-refractivity contribution in [3.8, 4) is 17.0 Å². The highest BCUT2D eigenvalue weighted by molar-refractivity contribution is 9.10. The predicted octanol–water partition coefficient (Wildman–Crippen LogP) is 6.17. The Bertz CT molecular complexity index is 990. The number of halogens is 1. The summed E-state index contributed by atoms with van der Waals surface area (Å²) in [6, 6.07) is 4.45. The van der Waals surface area contributed by atoms with E-state index >= 15 is 0 Å². The van der Waals surface area contributed by atoms with Crippen LogP contribution in [-0.2, 0) is 19.4 Å². The van der Waals surface area contributed by atoms with Crippen molar-refractivity contribution < 1.29 is 9.53 Å². The maximum atomic E-state index is 13.8. The lowest BCUT2D eigenvalue weighted by molar-refractivity contribution is 0.0558. The van der Waals surface area contributed by atoms with Crippen LogP contribution >= 0.6 is 27.7 Å². The fraction of sp³-hybridized carbons (Fsp3) is 0.542. The zero-order chi connectivity index (χ0) is 21.6. The molecule has 1 amide bonds. The van der Waals surface area contributed by atoms with Crippen LogP contribution in [-0.4, -0.2) is 40.3 Å². The summed E-state index contributed by atoms with van der Waals surface area (Å²) in [5.74, 6) is 2.11. The number of aryl methyl sites for hydroxylation is 1. The maximum absolute atomic E-state index is 13.8. The van der Waals surface area contributed by atoms with E-state index in [1.165, 1.54) is 16.7 Å². The Morgan fingerprint density at radius 3 is 2.57 bits per heavy atom. The van der Waals surface area contributed by atoms with Gasteiger partial charge in [0.15, 0.2) is 0 Å². The van der Waals surface area contributed by atoms with Gasteiger partial charge in [0.2, 0.25) is 0 Å². The van der Waals surface area contributed by atoms with Crippen LogP contribution in [0.5, 0.6) is 5.75 Å². The summed E-state index contributed by atoms with van der Waals surface area (Å²) < 4.78 is 9.04. The number of hydrogen-bond acceptors (Lipinski definition) is 3. The van der Waals surface area contributed by atoms with E-state index in [9.17, 15) is 4.79 Å². The Morgan fingerprint density at radius 2 is 1.90 bits per heavy atom. The molecule has 162 valence electrons. The van der Waals surface area contributed by atoms with Gasteiger partial charge in [0, 0.05) is 28.7 Å². The average molecular weight is 491 g/mol. The number of fused-ring (bicyclic) bond motifs is 5. The van der Waals surface area contributed by atoms with E-state index in [0.29, 0.717) is 0 Å². The summed E-state index contributed by atoms with van der Waals surface area (Å²) in [5.41, 5.74) is 5.56. The molecule has 2 aliphatic rings. The second-order valence-corrected chi connectivity index (χ2v) is 11.2. The van der Waals surface area contributed by atoms with Crippen molar-refractivity contribution in [2.75, 3.05) is 19.4 Å². The number of carbonyl (C=O) groups is 1. The van der Waals surface area contributed by atoms with Gasteiger partial charge in [-0.25, -0.2) is 0 Å². The van der Waals surface area contributed by atoms with Gasteiger partial charge in [0.05, 0.1) is 17.7 Å². The number of thioether (sulfide) groups is 1. The third-order valence-corrected chi connectivity index (χ3v) is 7.94. The number of hydrogen-bond donors (Lipinski definition) is 0. The number of aromatic nitrogens is 1. The first-order valence-electron chi connectivity index (χ1n) is 10.8. The van der Waals surface area contributed by atoms with Crippen LogP contribution in [0, 0.1) is 0 Å². The summed E-state index contributed by atoms with van der Waals surface area (Å²) in [6.45, 7) is 10.2. The summed E-state index contributed by atoms with van der Waals surface area (Å²) in [7, 11) is 1.74. The fourth-order valence-electron chi connectivity index (χ4n) is 4.73. The molecule has 0 bridgehead atoms. The Kier molecular flexibility index (Phi) is 6.01. The quantitative estimate of drug-likeness (QED) is 0.482. The summed E-state index contributed by atoms with van der Waals surface area (Å²) in [5, 5.41) is 0. The lowest BCUT2D eigenvalue weighted by Crippen LogP contribution is -2.47. The molecule has 0 fully saturated rings. The highest BCUT2D eigenvalue weighted by atomic mass is 79.9. The third-order valence-electron chi connectivity index (χ3n) is 6.16. The van der Waals surface area contributed by atoms with Gasteiger partial charge in [-0.3, -0.25) is 4.79 Å². The van der Waals surface area contributed by atoms with Crippen LogP contribution in [0.3, 0.4) is 0 Å². The predicted molar refractivity (Wildman–Crippen MR) is 128 cm³/mol. The smallest absolute Gasteiger partial charge is 0.271 e. The van der Waals surface area contributed by atoms with Crippen LogP contribution < -0.4 is 4.74 Å². The third kappa shape index (κ3) is 3.60. The summed E-state index contributed by atoms with van der Waals surface area (Å²) in [4.78, 5) is 17.0. The average Bonchev–Trinajstić information content (AvgIpc) is 2.96. The molecule has 0 saturated heterocycles. The van der Waals surface area contributed by atoms with E-state index < -0.39 is 0 Å². The van der Waals surface area contributed by atoms with Crippen molar-refractivity contribution >= 4 is 33.6 Å². The minimum Gasteiger partial charge on any atom is -0.496 e. The van der Waals surface area contributed by atoms with Gasteiger partial charge < -0.3 is 14.2 Å². The van der Waals surface area contributed by atoms with Crippen LogP contribution in [0.2, 0.25) is 0 Å². The van der Waals surface area contributed by atoms with Gasteiger partial charge >= 0.3 is 0 Å². The molecule has 0 aliphatic carbocycles. The SMILES string of the molecule is CCSc1cc2c(cc1OC)CCn1c3c(c(Br)c1-2)CCCCN(C(C)(C)C)C3=O. The molecule has 4 nitrogen and oxygen atoms in total. The Morgan fingerprint density at radius 1 is 1.13 bits per heavy atom. The van der Waals surface area contributed by atoms with Gasteiger partial charge in [-0.05, 0) is 91.4 Å². The largest absolute Gasteiger partial charge is 0.496 e. The highest BCUT2D eigenvalue weighted by Gasteiger charge is 2.36. The molecule has 2 aromatic rings. The lowest BCUT2D eigenvalue weighted by atomic mass is 9.97. The molecule has 1 aromatic heterocycles. The zero-order valence-corrected chi connectivity index (χ0v) is 21.0. The zero-order valence-electron chi connectivity index (χ0n) is 18.6. The molecule has 6 heteroatoms. The second-order valence-electron chi connectivity index (χ2n) is 9.07. The molecule has 0 unspecified atom stereocenters. The van der Waals surface area contributed by atoms with Gasteiger partial charge in [-0.1, -0.05) is 6.92 Å². The molecule has 2 aliphatic heterocycles. The van der Waals surface area contributed by atoms with Gasteiger partial charge in [0.1, 0.15) is 11.4 Å². The van der Waals surface area contributed by atoms with Crippen molar-refractivity contribution in [1.82, 2.24) is 9.47 Å². The molecule has 0 spiro atoms. The number of carbonyl (C=O) groups excluding carboxylic acids is 1. The minimum atomic E-state index is -0.187. The van der Waals surface area contributed by atoms with Crippen LogP contribution in [0.15, 0.2) is 21.5 Å². The van der Waals surface area contributed by atoms with E-state index in [1.54, 1.807) is 18.9 Å². The van der Waals surface area contributed by atoms with Crippen molar-refractivity contribution in [2.24, 2.45) is 0 Å². The molecule has 0 saturated carbocycles. The van der Waals surface area contributed by atoms with E-state index in [0.717, 1.165) is 71.0 Å². The van der Waals surface area contributed by atoms with Crippen molar-refractivity contribution in [2.45, 2.75) is 70.4 Å². The molecule has 1 aromatic carbocycles. The Balaban J connectivity index is 1.92. The minimum absolute atomic E-state index is 0.171. The van der Waals surface area contributed by atoms with E-state index in [2.05, 4.69) is 65.2 Å². The summed E-state index contributed by atoms with van der Waals surface area (Å²) in [6.07, 6.45) is 4.00. The molecule has 0 N–H and O–H groups in total. The van der Waals surface area contributed by atoms with Crippen molar-refractivity contribution in [3.63, 3.8) is 0 Å². The molecule has 4 rings (SSSR count). The van der Waals surface area contributed by atoms with Gasteiger partial charge in [-0.15, -0.1) is 11.8 Å². The van der Waals surface area contributed by atoms with Gasteiger partial charge in [-0.2, -0.15) is 0 Å². The molecule has 0 atom stereocenters. The monoisotopic (exact) mass is 490 g/mol. The Hall–Kier alpha value is -1.40.